The normalized spacial score (nSPS) is 12.8. The summed E-state index contributed by atoms with van der Waals surface area (Å²) in [6.07, 6.45) is 3.00. The minimum absolute atomic E-state index is 0.00458. The van der Waals surface area contributed by atoms with Crippen LogP contribution in [0.4, 0.5) is 0 Å². The van der Waals surface area contributed by atoms with E-state index in [4.69, 9.17) is 0 Å². The van der Waals surface area contributed by atoms with Crippen LogP contribution in [0.1, 0.15) is 30.8 Å². The van der Waals surface area contributed by atoms with Gasteiger partial charge in [-0.15, -0.1) is 0 Å². The van der Waals surface area contributed by atoms with E-state index in [-0.39, 0.29) is 5.91 Å². The van der Waals surface area contributed by atoms with Crippen molar-refractivity contribution in [3.8, 4) is 0 Å². The molecule has 1 amide bonds. The highest BCUT2D eigenvalue weighted by atomic mass is 16.1. The Labute approximate surface area is 104 Å². The van der Waals surface area contributed by atoms with Crippen molar-refractivity contribution >= 4 is 5.91 Å². The Kier molecular flexibility index (Phi) is 5.22. The lowest BCUT2D eigenvalue weighted by Gasteiger charge is -2.23. The zero-order valence-electron chi connectivity index (χ0n) is 11.2. The predicted octanol–water partition coefficient (Wildman–Crippen LogP) is 1.49. The van der Waals surface area contributed by atoms with Crippen molar-refractivity contribution in [3.63, 3.8) is 0 Å². The van der Waals surface area contributed by atoms with E-state index in [1.54, 1.807) is 0 Å². The molecule has 1 N–H and O–H groups in total. The van der Waals surface area contributed by atoms with E-state index in [0.29, 0.717) is 18.3 Å². The second kappa shape index (κ2) is 6.45. The number of amides is 1. The minimum Gasteiger partial charge on any atom is -0.349 e. The van der Waals surface area contributed by atoms with Crippen molar-refractivity contribution in [1.82, 2.24) is 14.8 Å². The molecular weight excluding hydrogens is 214 g/mol. The van der Waals surface area contributed by atoms with Gasteiger partial charge in [0.15, 0.2) is 0 Å². The van der Waals surface area contributed by atoms with Crippen molar-refractivity contribution in [2.24, 2.45) is 7.05 Å². The van der Waals surface area contributed by atoms with E-state index < -0.39 is 0 Å². The molecule has 0 aliphatic carbocycles. The SMILES string of the molecule is CC[C@@H](C)N(C)CCNC(=O)c1cccn1C. The van der Waals surface area contributed by atoms with E-state index in [1.807, 2.05) is 29.9 Å². The third-order valence-corrected chi connectivity index (χ3v) is 3.27. The van der Waals surface area contributed by atoms with Gasteiger partial charge in [0.05, 0.1) is 0 Å². The summed E-state index contributed by atoms with van der Waals surface area (Å²) in [6, 6.07) is 4.26. The molecule has 17 heavy (non-hydrogen) atoms. The third kappa shape index (κ3) is 3.89. The Morgan fingerprint density at radius 1 is 1.59 bits per heavy atom. The smallest absolute Gasteiger partial charge is 0.267 e. The number of hydrogen-bond acceptors (Lipinski definition) is 2. The Morgan fingerprint density at radius 3 is 2.82 bits per heavy atom. The first-order chi connectivity index (χ1) is 8.06. The van der Waals surface area contributed by atoms with Crippen LogP contribution in [0, 0.1) is 0 Å². The van der Waals surface area contributed by atoms with Gasteiger partial charge in [-0.2, -0.15) is 0 Å². The third-order valence-electron chi connectivity index (χ3n) is 3.27. The number of hydrogen-bond donors (Lipinski definition) is 1. The minimum atomic E-state index is -0.00458. The summed E-state index contributed by atoms with van der Waals surface area (Å²) < 4.78 is 1.83. The number of carbonyl (C=O) groups excluding carboxylic acids is 1. The van der Waals surface area contributed by atoms with Crippen molar-refractivity contribution in [1.29, 1.82) is 0 Å². The lowest BCUT2D eigenvalue weighted by molar-refractivity contribution is 0.0939. The first-order valence-electron chi connectivity index (χ1n) is 6.16. The van der Waals surface area contributed by atoms with Gasteiger partial charge in [-0.25, -0.2) is 0 Å². The lowest BCUT2D eigenvalue weighted by atomic mass is 10.2. The Hall–Kier alpha value is -1.29. The average Bonchev–Trinajstić information content (AvgIpc) is 2.74. The van der Waals surface area contributed by atoms with Crippen LogP contribution in [0.5, 0.6) is 0 Å². The fourth-order valence-electron chi connectivity index (χ4n) is 1.67. The number of rotatable bonds is 6. The summed E-state index contributed by atoms with van der Waals surface area (Å²) in [4.78, 5) is 14.1. The molecule has 0 saturated carbocycles. The molecule has 96 valence electrons. The molecule has 0 fully saturated rings. The van der Waals surface area contributed by atoms with Crippen molar-refractivity contribution < 1.29 is 4.79 Å². The second-order valence-electron chi connectivity index (χ2n) is 4.50. The Morgan fingerprint density at radius 2 is 2.29 bits per heavy atom. The average molecular weight is 237 g/mol. The van der Waals surface area contributed by atoms with Crippen molar-refractivity contribution in [3.05, 3.63) is 24.0 Å². The van der Waals surface area contributed by atoms with Gasteiger partial charge in [-0.1, -0.05) is 6.92 Å². The number of likely N-dealkylation sites (N-methyl/N-ethyl adjacent to an activating group) is 1. The van der Waals surface area contributed by atoms with Crippen LogP contribution in [-0.2, 0) is 7.05 Å². The highest BCUT2D eigenvalue weighted by molar-refractivity contribution is 5.92. The molecular formula is C13H23N3O. The molecule has 0 bridgehead atoms. The first-order valence-corrected chi connectivity index (χ1v) is 6.16. The first kappa shape index (κ1) is 13.8. The summed E-state index contributed by atoms with van der Waals surface area (Å²) in [5.74, 6) is -0.00458. The predicted molar refractivity (Wildman–Crippen MR) is 70.1 cm³/mol. The standard InChI is InChI=1S/C13H23N3O/c1-5-11(2)15(3)10-8-14-13(17)12-7-6-9-16(12)4/h6-7,9,11H,5,8,10H2,1-4H3,(H,14,17)/t11-/m1/s1. The Bertz CT molecular complexity index is 359. The van der Waals surface area contributed by atoms with E-state index >= 15 is 0 Å². The molecule has 0 aromatic carbocycles. The fourth-order valence-corrected chi connectivity index (χ4v) is 1.67. The van der Waals surface area contributed by atoms with E-state index in [9.17, 15) is 4.79 Å². The summed E-state index contributed by atoms with van der Waals surface area (Å²) in [6.45, 7) is 5.93. The van der Waals surface area contributed by atoms with E-state index in [0.717, 1.165) is 13.0 Å². The van der Waals surface area contributed by atoms with Gasteiger partial charge < -0.3 is 14.8 Å². The van der Waals surface area contributed by atoms with Crippen LogP contribution >= 0.6 is 0 Å². The van der Waals surface area contributed by atoms with Gasteiger partial charge in [-0.05, 0) is 32.5 Å². The molecule has 1 aromatic rings. The van der Waals surface area contributed by atoms with Crippen molar-refractivity contribution in [2.45, 2.75) is 26.3 Å². The summed E-state index contributed by atoms with van der Waals surface area (Å²) >= 11 is 0. The number of nitrogens with one attached hydrogen (secondary N) is 1. The maximum atomic E-state index is 11.8. The maximum Gasteiger partial charge on any atom is 0.267 e. The Balaban J connectivity index is 2.32. The van der Waals surface area contributed by atoms with Crippen LogP contribution < -0.4 is 5.32 Å². The topological polar surface area (TPSA) is 37.3 Å². The number of aryl methyl sites for hydroxylation is 1. The molecule has 1 atom stereocenters. The van der Waals surface area contributed by atoms with Crippen LogP contribution in [0.25, 0.3) is 0 Å². The van der Waals surface area contributed by atoms with E-state index in [2.05, 4.69) is 31.1 Å². The zero-order valence-corrected chi connectivity index (χ0v) is 11.2. The number of aromatic nitrogens is 1. The largest absolute Gasteiger partial charge is 0.349 e. The van der Waals surface area contributed by atoms with Gasteiger partial charge in [0.25, 0.3) is 5.91 Å². The summed E-state index contributed by atoms with van der Waals surface area (Å²) in [5, 5.41) is 2.93. The molecule has 0 aliphatic heterocycles. The highest BCUT2D eigenvalue weighted by Gasteiger charge is 2.09. The fraction of sp³-hybridized carbons (Fsp3) is 0.615. The summed E-state index contributed by atoms with van der Waals surface area (Å²) in [5.41, 5.74) is 0.705. The monoisotopic (exact) mass is 237 g/mol. The van der Waals surface area contributed by atoms with Crippen LogP contribution in [0.15, 0.2) is 18.3 Å². The van der Waals surface area contributed by atoms with Gasteiger partial charge in [0.1, 0.15) is 5.69 Å². The highest BCUT2D eigenvalue weighted by Crippen LogP contribution is 2.00. The van der Waals surface area contributed by atoms with Crippen molar-refractivity contribution in [2.75, 3.05) is 20.1 Å². The molecule has 0 saturated heterocycles. The van der Waals surface area contributed by atoms with Crippen LogP contribution in [0.2, 0.25) is 0 Å². The molecule has 0 unspecified atom stereocenters. The zero-order chi connectivity index (χ0) is 12.8. The van der Waals surface area contributed by atoms with Crippen LogP contribution in [-0.4, -0.2) is 41.6 Å². The lowest BCUT2D eigenvalue weighted by Crippen LogP contribution is -2.37. The molecule has 1 heterocycles. The molecule has 0 aliphatic rings. The molecule has 4 nitrogen and oxygen atoms in total. The number of carbonyl (C=O) groups is 1. The summed E-state index contributed by atoms with van der Waals surface area (Å²) in [7, 11) is 3.96. The van der Waals surface area contributed by atoms with Gasteiger partial charge in [0, 0.05) is 32.4 Å². The van der Waals surface area contributed by atoms with Crippen LogP contribution in [0.3, 0.4) is 0 Å². The molecule has 4 heteroatoms. The molecule has 0 spiro atoms. The quantitative estimate of drug-likeness (QED) is 0.814. The van der Waals surface area contributed by atoms with Gasteiger partial charge in [0.2, 0.25) is 0 Å². The van der Waals surface area contributed by atoms with Gasteiger partial charge in [-0.3, -0.25) is 4.79 Å². The van der Waals surface area contributed by atoms with Gasteiger partial charge >= 0.3 is 0 Å². The molecule has 1 aromatic heterocycles. The molecule has 0 radical (unpaired) electrons. The second-order valence-corrected chi connectivity index (χ2v) is 4.50. The molecule has 1 rings (SSSR count). The number of nitrogens with zero attached hydrogens (tertiary/aromatic N) is 2. The van der Waals surface area contributed by atoms with E-state index in [1.165, 1.54) is 0 Å². The maximum absolute atomic E-state index is 11.8.